The molecule has 0 spiro atoms. The number of aliphatic hydroxyl groups is 1. The highest BCUT2D eigenvalue weighted by Crippen LogP contribution is 2.21. The molecule has 80 valence electrons. The van der Waals surface area contributed by atoms with Gasteiger partial charge in [-0.3, -0.25) is 0 Å². The minimum Gasteiger partial charge on any atom is -0.385 e. The largest absolute Gasteiger partial charge is 0.385 e. The number of nitrogens with zero attached hydrogens (tertiary/aromatic N) is 2. The van der Waals surface area contributed by atoms with Gasteiger partial charge in [0.2, 0.25) is 0 Å². The van der Waals surface area contributed by atoms with Crippen molar-refractivity contribution in [3.63, 3.8) is 0 Å². The molecule has 1 aromatic heterocycles. The minimum absolute atomic E-state index is 0.466. The molecule has 0 aliphatic rings. The first-order chi connectivity index (χ1) is 7.15. The van der Waals surface area contributed by atoms with E-state index in [1.165, 1.54) is 0 Å². The Morgan fingerprint density at radius 1 is 1.53 bits per heavy atom. The van der Waals surface area contributed by atoms with Crippen molar-refractivity contribution in [2.45, 2.75) is 19.6 Å². The number of aromatic nitrogens is 2. The second kappa shape index (κ2) is 3.64. The molecule has 15 heavy (non-hydrogen) atoms. The molecule has 4 nitrogen and oxygen atoms in total. The Balaban J connectivity index is 2.75. The fourth-order valence-electron chi connectivity index (χ4n) is 1.83. The molecule has 2 aromatic rings. The molecule has 0 aliphatic heterocycles. The first-order valence-corrected chi connectivity index (χ1v) is 4.97. The Hall–Kier alpha value is -1.39. The molecule has 4 heteroatoms. The van der Waals surface area contributed by atoms with Crippen LogP contribution in [-0.2, 0) is 13.6 Å². The van der Waals surface area contributed by atoms with Crippen LogP contribution in [0.3, 0.4) is 0 Å². The van der Waals surface area contributed by atoms with Crippen LogP contribution in [0.5, 0.6) is 0 Å². The molecule has 0 fully saturated rings. The molecule has 2 rings (SSSR count). The molecule has 0 bridgehead atoms. The second-order valence-electron chi connectivity index (χ2n) is 3.69. The zero-order valence-electron chi connectivity index (χ0n) is 8.94. The van der Waals surface area contributed by atoms with Gasteiger partial charge in [0, 0.05) is 13.6 Å². The number of aryl methyl sites for hydroxylation is 1. The highest BCUT2D eigenvalue weighted by atomic mass is 16.3. The summed E-state index contributed by atoms with van der Waals surface area (Å²) in [6.07, 6.45) is -0.562. The maximum atomic E-state index is 9.55. The van der Waals surface area contributed by atoms with Gasteiger partial charge in [-0.1, -0.05) is 12.1 Å². The fraction of sp³-hybridized carbons (Fsp3) is 0.364. The van der Waals surface area contributed by atoms with E-state index in [4.69, 9.17) is 5.73 Å². The number of hydrogen-bond donors (Lipinski definition) is 2. The van der Waals surface area contributed by atoms with Crippen molar-refractivity contribution in [1.82, 2.24) is 9.55 Å². The van der Waals surface area contributed by atoms with Gasteiger partial charge in [-0.2, -0.15) is 0 Å². The second-order valence-corrected chi connectivity index (χ2v) is 3.69. The Bertz CT molecular complexity index is 488. The topological polar surface area (TPSA) is 64.1 Å². The van der Waals surface area contributed by atoms with Crippen LogP contribution >= 0.6 is 0 Å². The zero-order chi connectivity index (χ0) is 11.0. The summed E-state index contributed by atoms with van der Waals surface area (Å²) in [7, 11) is 1.90. The van der Waals surface area contributed by atoms with Crippen LogP contribution in [-0.4, -0.2) is 14.7 Å². The van der Waals surface area contributed by atoms with E-state index in [1.807, 2.05) is 29.8 Å². The summed E-state index contributed by atoms with van der Waals surface area (Å²) in [6, 6.07) is 5.90. The van der Waals surface area contributed by atoms with Gasteiger partial charge in [-0.05, 0) is 18.6 Å². The summed E-state index contributed by atoms with van der Waals surface area (Å²) in [5.41, 5.74) is 8.54. The summed E-state index contributed by atoms with van der Waals surface area (Å²) >= 11 is 0. The van der Waals surface area contributed by atoms with Crippen molar-refractivity contribution in [3.8, 4) is 0 Å². The van der Waals surface area contributed by atoms with E-state index in [-0.39, 0.29) is 0 Å². The summed E-state index contributed by atoms with van der Waals surface area (Å²) in [4.78, 5) is 4.42. The third-order valence-corrected chi connectivity index (χ3v) is 2.62. The fourth-order valence-corrected chi connectivity index (χ4v) is 1.83. The molecule has 3 N–H and O–H groups in total. The summed E-state index contributed by atoms with van der Waals surface area (Å²) in [6.45, 7) is 2.18. The Morgan fingerprint density at radius 2 is 2.27 bits per heavy atom. The van der Waals surface area contributed by atoms with E-state index in [0.29, 0.717) is 12.4 Å². The summed E-state index contributed by atoms with van der Waals surface area (Å²) in [5, 5.41) is 9.55. The van der Waals surface area contributed by atoms with Gasteiger partial charge in [0.25, 0.3) is 0 Å². The van der Waals surface area contributed by atoms with Gasteiger partial charge >= 0.3 is 0 Å². The third kappa shape index (κ3) is 1.52. The number of aliphatic hydroxyl groups excluding tert-OH is 1. The first kappa shape index (κ1) is 10.1. The van der Waals surface area contributed by atoms with Gasteiger partial charge in [0.15, 0.2) is 0 Å². The van der Waals surface area contributed by atoms with E-state index in [9.17, 15) is 5.11 Å². The van der Waals surface area contributed by atoms with E-state index in [1.54, 1.807) is 6.92 Å². The lowest BCUT2D eigenvalue weighted by molar-refractivity contribution is 0.186. The number of nitrogens with two attached hydrogens (primary N) is 1. The van der Waals surface area contributed by atoms with E-state index >= 15 is 0 Å². The molecule has 0 saturated heterocycles. The average Bonchev–Trinajstić information content (AvgIpc) is 2.56. The van der Waals surface area contributed by atoms with Crippen molar-refractivity contribution < 1.29 is 5.11 Å². The summed E-state index contributed by atoms with van der Waals surface area (Å²) in [5.74, 6) is 0.672. The smallest absolute Gasteiger partial charge is 0.138 e. The molecule has 0 saturated carbocycles. The lowest BCUT2D eigenvalue weighted by Gasteiger charge is -2.03. The average molecular weight is 205 g/mol. The maximum Gasteiger partial charge on any atom is 0.138 e. The predicted octanol–water partition coefficient (Wildman–Crippen LogP) is 1.09. The number of hydrogen-bond acceptors (Lipinski definition) is 3. The molecule has 0 amide bonds. The maximum absolute atomic E-state index is 9.55. The molecule has 1 atom stereocenters. The standard InChI is InChI=1S/C11H15N3O/c1-7(15)11-13-10-8(6-12)4-3-5-9(10)14(11)2/h3-5,7,15H,6,12H2,1-2H3. The van der Waals surface area contributed by atoms with Crippen LogP contribution in [0.1, 0.15) is 24.4 Å². The lowest BCUT2D eigenvalue weighted by atomic mass is 10.2. The van der Waals surface area contributed by atoms with Crippen LogP contribution in [0, 0.1) is 0 Å². The van der Waals surface area contributed by atoms with Crippen molar-refractivity contribution in [2.75, 3.05) is 0 Å². The highest BCUT2D eigenvalue weighted by molar-refractivity contribution is 5.79. The molecule has 1 unspecified atom stereocenters. The van der Waals surface area contributed by atoms with Crippen LogP contribution in [0.4, 0.5) is 0 Å². The summed E-state index contributed by atoms with van der Waals surface area (Å²) < 4.78 is 1.90. The quantitative estimate of drug-likeness (QED) is 0.771. The van der Waals surface area contributed by atoms with Crippen LogP contribution in [0.15, 0.2) is 18.2 Å². The van der Waals surface area contributed by atoms with Crippen LogP contribution in [0.2, 0.25) is 0 Å². The molecular weight excluding hydrogens is 190 g/mol. The van der Waals surface area contributed by atoms with Gasteiger partial charge in [-0.25, -0.2) is 4.98 Å². The number of fused-ring (bicyclic) bond motifs is 1. The van der Waals surface area contributed by atoms with Crippen LogP contribution in [0.25, 0.3) is 11.0 Å². The Morgan fingerprint density at radius 3 is 2.87 bits per heavy atom. The number of rotatable bonds is 2. The van der Waals surface area contributed by atoms with Gasteiger partial charge in [0.05, 0.1) is 11.0 Å². The minimum atomic E-state index is -0.562. The van der Waals surface area contributed by atoms with Gasteiger partial charge in [-0.15, -0.1) is 0 Å². The first-order valence-electron chi connectivity index (χ1n) is 4.97. The van der Waals surface area contributed by atoms with Crippen molar-refractivity contribution in [3.05, 3.63) is 29.6 Å². The van der Waals surface area contributed by atoms with Crippen molar-refractivity contribution in [1.29, 1.82) is 0 Å². The van der Waals surface area contributed by atoms with Gasteiger partial charge < -0.3 is 15.4 Å². The Labute approximate surface area is 88.3 Å². The van der Waals surface area contributed by atoms with E-state index in [2.05, 4.69) is 4.98 Å². The third-order valence-electron chi connectivity index (χ3n) is 2.62. The predicted molar refractivity (Wildman–Crippen MR) is 59.2 cm³/mol. The van der Waals surface area contributed by atoms with Crippen molar-refractivity contribution in [2.24, 2.45) is 12.8 Å². The number of benzene rings is 1. The number of imidazole rings is 1. The monoisotopic (exact) mass is 205 g/mol. The van der Waals surface area contributed by atoms with Gasteiger partial charge in [0.1, 0.15) is 11.9 Å². The van der Waals surface area contributed by atoms with E-state index in [0.717, 1.165) is 16.6 Å². The van der Waals surface area contributed by atoms with Crippen molar-refractivity contribution >= 4 is 11.0 Å². The zero-order valence-corrected chi connectivity index (χ0v) is 8.94. The molecule has 1 aromatic carbocycles. The lowest BCUT2D eigenvalue weighted by Crippen LogP contribution is -2.01. The Kier molecular flexibility index (Phi) is 2.46. The molecule has 0 radical (unpaired) electrons. The number of para-hydroxylation sites is 1. The molecule has 1 heterocycles. The molecular formula is C11H15N3O. The normalized spacial score (nSPS) is 13.3. The highest BCUT2D eigenvalue weighted by Gasteiger charge is 2.13. The SMILES string of the molecule is CC(O)c1nc2c(CN)cccc2n1C. The molecule has 0 aliphatic carbocycles. The van der Waals surface area contributed by atoms with Crippen LogP contribution < -0.4 is 5.73 Å². The van der Waals surface area contributed by atoms with E-state index < -0.39 is 6.10 Å².